The largest absolute Gasteiger partial charge is 0.437 e. The van der Waals surface area contributed by atoms with Crippen LogP contribution in [0.1, 0.15) is 23.2 Å². The zero-order chi connectivity index (χ0) is 20.8. The number of aromatic nitrogens is 2. The molecule has 30 heavy (non-hydrogen) atoms. The summed E-state index contributed by atoms with van der Waals surface area (Å²) < 4.78 is 11.4. The number of nitrogens with one attached hydrogen (secondary N) is 1. The summed E-state index contributed by atoms with van der Waals surface area (Å²) in [6, 6.07) is 14.4. The van der Waals surface area contributed by atoms with Crippen LogP contribution in [0.15, 0.2) is 70.8 Å². The fraction of sp³-hybridized carbons (Fsp3) is 0.227. The number of rotatable bonds is 7. The van der Waals surface area contributed by atoms with Gasteiger partial charge in [-0.2, -0.15) is 0 Å². The molecule has 0 unspecified atom stereocenters. The van der Waals surface area contributed by atoms with Crippen molar-refractivity contribution in [2.24, 2.45) is 0 Å². The Morgan fingerprint density at radius 3 is 2.63 bits per heavy atom. The van der Waals surface area contributed by atoms with Gasteiger partial charge in [-0.1, -0.05) is 23.4 Å². The molecule has 3 aromatic rings. The van der Waals surface area contributed by atoms with Crippen LogP contribution in [-0.2, 0) is 4.74 Å². The molecular formula is C22H20ClN3O3S. The molecule has 2 aromatic carbocycles. The van der Waals surface area contributed by atoms with Crippen LogP contribution >= 0.6 is 23.4 Å². The Kier molecular flexibility index (Phi) is 6.84. The molecular weight excluding hydrogens is 422 g/mol. The molecule has 0 aliphatic carbocycles. The molecule has 1 N–H and O–H groups in total. The number of amides is 1. The van der Waals surface area contributed by atoms with E-state index in [4.69, 9.17) is 21.1 Å². The van der Waals surface area contributed by atoms with Crippen LogP contribution in [0.5, 0.6) is 11.6 Å². The van der Waals surface area contributed by atoms with Crippen molar-refractivity contribution in [1.29, 1.82) is 0 Å². The van der Waals surface area contributed by atoms with E-state index in [1.807, 2.05) is 24.3 Å². The lowest BCUT2D eigenvalue weighted by Crippen LogP contribution is -2.31. The number of nitrogens with zero attached hydrogens (tertiary/aromatic N) is 2. The smallest absolute Gasteiger partial charge is 0.252 e. The van der Waals surface area contributed by atoms with Crippen molar-refractivity contribution in [2.45, 2.75) is 28.9 Å². The number of carbonyl (C=O) groups is 1. The summed E-state index contributed by atoms with van der Waals surface area (Å²) >= 11 is 7.38. The minimum absolute atomic E-state index is 0.116. The first-order chi connectivity index (χ1) is 14.7. The third kappa shape index (κ3) is 5.50. The molecule has 1 saturated heterocycles. The molecule has 1 aliphatic rings. The van der Waals surface area contributed by atoms with E-state index in [-0.39, 0.29) is 12.0 Å². The Bertz CT molecular complexity index is 993. The van der Waals surface area contributed by atoms with Crippen LogP contribution in [0.2, 0.25) is 5.02 Å². The van der Waals surface area contributed by atoms with Crippen molar-refractivity contribution in [3.63, 3.8) is 0 Å². The molecule has 1 atom stereocenters. The van der Waals surface area contributed by atoms with Crippen LogP contribution in [0.4, 0.5) is 0 Å². The summed E-state index contributed by atoms with van der Waals surface area (Å²) in [6.07, 6.45) is 5.35. The number of ether oxygens (including phenoxy) is 2. The first-order valence-corrected chi connectivity index (χ1v) is 10.8. The second-order valence-corrected chi connectivity index (χ2v) is 8.19. The Balaban J connectivity index is 1.39. The van der Waals surface area contributed by atoms with E-state index in [9.17, 15) is 4.79 Å². The maximum absolute atomic E-state index is 12.3. The van der Waals surface area contributed by atoms with Crippen molar-refractivity contribution < 1.29 is 14.3 Å². The summed E-state index contributed by atoms with van der Waals surface area (Å²) in [4.78, 5) is 21.9. The van der Waals surface area contributed by atoms with Crippen molar-refractivity contribution in [2.75, 3.05) is 13.2 Å². The van der Waals surface area contributed by atoms with Gasteiger partial charge in [0.1, 0.15) is 5.75 Å². The highest BCUT2D eigenvalue weighted by Crippen LogP contribution is 2.34. The van der Waals surface area contributed by atoms with E-state index >= 15 is 0 Å². The molecule has 2 heterocycles. The lowest BCUT2D eigenvalue weighted by molar-refractivity contribution is 0.0858. The quantitative estimate of drug-likeness (QED) is 0.557. The Hall–Kier alpha value is -2.61. The highest BCUT2D eigenvalue weighted by Gasteiger charge is 2.17. The van der Waals surface area contributed by atoms with E-state index in [0.717, 1.165) is 24.3 Å². The molecule has 4 rings (SSSR count). The first kappa shape index (κ1) is 20.7. The molecule has 1 fully saturated rings. The second kappa shape index (κ2) is 9.93. The standard InChI is InChI=1S/C22H20ClN3O3S/c23-16-5-9-19(10-6-16)30-22-21(24-11-12-25-22)29-17-7-3-15(4-8-17)20(27)26-14-18-2-1-13-28-18/h3-12,18H,1-2,13-14H2,(H,26,27)/t18-/m1/s1. The van der Waals surface area contributed by atoms with Crippen molar-refractivity contribution >= 4 is 29.3 Å². The SMILES string of the molecule is O=C(NC[C@H]1CCCO1)c1ccc(Oc2nccnc2Sc2ccc(Cl)cc2)cc1. The molecule has 0 bridgehead atoms. The number of hydrogen-bond acceptors (Lipinski definition) is 6. The lowest BCUT2D eigenvalue weighted by Gasteiger charge is -2.11. The molecule has 1 aliphatic heterocycles. The summed E-state index contributed by atoms with van der Waals surface area (Å²) in [5, 5.41) is 4.22. The van der Waals surface area contributed by atoms with Gasteiger partial charge in [0.2, 0.25) is 0 Å². The third-order valence-corrected chi connectivity index (χ3v) is 5.74. The maximum Gasteiger partial charge on any atom is 0.252 e. The number of carbonyl (C=O) groups excluding carboxylic acids is 1. The number of halogens is 1. The van der Waals surface area contributed by atoms with Gasteiger partial charge in [-0.15, -0.1) is 0 Å². The highest BCUT2D eigenvalue weighted by atomic mass is 35.5. The van der Waals surface area contributed by atoms with Crippen LogP contribution in [0.3, 0.4) is 0 Å². The molecule has 0 saturated carbocycles. The third-order valence-electron chi connectivity index (χ3n) is 4.51. The van der Waals surface area contributed by atoms with Gasteiger partial charge in [0, 0.05) is 41.0 Å². The van der Waals surface area contributed by atoms with Gasteiger partial charge in [0.25, 0.3) is 11.8 Å². The number of benzene rings is 2. The molecule has 6 nitrogen and oxygen atoms in total. The van der Waals surface area contributed by atoms with Crippen LogP contribution in [0, 0.1) is 0 Å². The van der Waals surface area contributed by atoms with Crippen molar-refractivity contribution in [1.82, 2.24) is 15.3 Å². The average molecular weight is 442 g/mol. The molecule has 154 valence electrons. The van der Waals surface area contributed by atoms with Crippen molar-refractivity contribution in [3.8, 4) is 11.6 Å². The minimum atomic E-state index is -0.129. The Labute approximate surface area is 184 Å². The maximum atomic E-state index is 12.3. The van der Waals surface area contributed by atoms with Gasteiger partial charge >= 0.3 is 0 Å². The van der Waals surface area contributed by atoms with E-state index in [1.165, 1.54) is 11.8 Å². The average Bonchev–Trinajstić information content (AvgIpc) is 3.29. The fourth-order valence-corrected chi connectivity index (χ4v) is 3.88. The summed E-state index contributed by atoms with van der Waals surface area (Å²) in [5.74, 6) is 0.840. The summed E-state index contributed by atoms with van der Waals surface area (Å²) in [6.45, 7) is 1.30. The van der Waals surface area contributed by atoms with Gasteiger partial charge in [0.15, 0.2) is 5.03 Å². The zero-order valence-corrected chi connectivity index (χ0v) is 17.7. The van der Waals surface area contributed by atoms with Gasteiger partial charge in [-0.3, -0.25) is 4.79 Å². The van der Waals surface area contributed by atoms with Gasteiger partial charge in [-0.25, -0.2) is 9.97 Å². The van der Waals surface area contributed by atoms with Crippen LogP contribution in [0.25, 0.3) is 0 Å². The van der Waals surface area contributed by atoms with Gasteiger partial charge < -0.3 is 14.8 Å². The van der Waals surface area contributed by atoms with E-state index in [1.54, 1.807) is 36.7 Å². The number of hydrogen-bond donors (Lipinski definition) is 1. The topological polar surface area (TPSA) is 73.3 Å². The van der Waals surface area contributed by atoms with E-state index in [0.29, 0.717) is 33.8 Å². The van der Waals surface area contributed by atoms with Gasteiger partial charge in [-0.05, 0) is 61.4 Å². The van der Waals surface area contributed by atoms with E-state index < -0.39 is 0 Å². The monoisotopic (exact) mass is 441 g/mol. The predicted molar refractivity (Wildman–Crippen MR) is 115 cm³/mol. The molecule has 1 aromatic heterocycles. The first-order valence-electron chi connectivity index (χ1n) is 9.59. The minimum Gasteiger partial charge on any atom is -0.437 e. The summed E-state index contributed by atoms with van der Waals surface area (Å²) in [7, 11) is 0. The zero-order valence-electron chi connectivity index (χ0n) is 16.1. The van der Waals surface area contributed by atoms with Gasteiger partial charge in [0.05, 0.1) is 6.10 Å². The normalized spacial score (nSPS) is 15.7. The Morgan fingerprint density at radius 2 is 1.90 bits per heavy atom. The highest BCUT2D eigenvalue weighted by molar-refractivity contribution is 7.99. The predicted octanol–water partition coefficient (Wildman–Crippen LogP) is 4.98. The summed E-state index contributed by atoms with van der Waals surface area (Å²) in [5.41, 5.74) is 0.565. The van der Waals surface area contributed by atoms with Crippen molar-refractivity contribution in [3.05, 3.63) is 71.5 Å². The molecule has 0 spiro atoms. The molecule has 8 heteroatoms. The molecule has 1 amide bonds. The Morgan fingerprint density at radius 1 is 1.13 bits per heavy atom. The second-order valence-electron chi connectivity index (χ2n) is 6.69. The van der Waals surface area contributed by atoms with E-state index in [2.05, 4.69) is 15.3 Å². The molecule has 0 radical (unpaired) electrons. The lowest BCUT2D eigenvalue weighted by atomic mass is 10.2. The van der Waals surface area contributed by atoms with Crippen LogP contribution in [-0.4, -0.2) is 35.1 Å². The van der Waals surface area contributed by atoms with Crippen LogP contribution < -0.4 is 10.1 Å². The fourth-order valence-electron chi connectivity index (χ4n) is 2.97.